The Labute approximate surface area is 205 Å². The Morgan fingerprint density at radius 2 is 1.91 bits per heavy atom. The van der Waals surface area contributed by atoms with Crippen LogP contribution in [0.5, 0.6) is 11.5 Å². The standard InChI is InChI=1S/C25H33N3O7/c1-6-27(7-2)24(30)20(16-26)13-19-14-21(28(32)33)23(29)22(15-19)35-25(31)34-12-11-18(5)10-8-9-17(3)4/h9,13-15,18,29H,6-8,10-12H2,1-5H3/t18-/m0/s1. The van der Waals surface area contributed by atoms with Gasteiger partial charge in [0.15, 0.2) is 5.75 Å². The molecule has 10 heteroatoms. The van der Waals surface area contributed by atoms with Gasteiger partial charge in [0.1, 0.15) is 11.6 Å². The lowest BCUT2D eigenvalue weighted by molar-refractivity contribution is -0.385. The van der Waals surface area contributed by atoms with Crippen molar-refractivity contribution in [1.82, 2.24) is 4.90 Å². The van der Waals surface area contributed by atoms with E-state index < -0.39 is 34.2 Å². The number of nitro groups is 1. The van der Waals surface area contributed by atoms with Crippen LogP contribution in [0.1, 0.15) is 59.4 Å². The van der Waals surface area contributed by atoms with E-state index in [-0.39, 0.29) is 17.7 Å². The van der Waals surface area contributed by atoms with Crippen LogP contribution >= 0.6 is 0 Å². The molecule has 0 spiro atoms. The van der Waals surface area contributed by atoms with Gasteiger partial charge < -0.3 is 19.5 Å². The van der Waals surface area contributed by atoms with Gasteiger partial charge in [-0.1, -0.05) is 18.6 Å². The Morgan fingerprint density at radius 1 is 1.26 bits per heavy atom. The van der Waals surface area contributed by atoms with Crippen molar-refractivity contribution >= 4 is 23.8 Å². The first-order valence-electron chi connectivity index (χ1n) is 11.4. The number of nitro benzene ring substituents is 1. The lowest BCUT2D eigenvalue weighted by Crippen LogP contribution is -2.31. The van der Waals surface area contributed by atoms with E-state index in [0.717, 1.165) is 31.1 Å². The van der Waals surface area contributed by atoms with Crippen molar-refractivity contribution in [3.05, 3.63) is 45.0 Å². The lowest BCUT2D eigenvalue weighted by atomic mass is 10.0. The number of rotatable bonds is 12. The molecule has 0 aliphatic rings. The van der Waals surface area contributed by atoms with E-state index in [1.54, 1.807) is 19.9 Å². The predicted molar refractivity (Wildman–Crippen MR) is 131 cm³/mol. The smallest absolute Gasteiger partial charge is 0.499 e. The number of nitriles is 1. The maximum atomic E-state index is 12.5. The fourth-order valence-electron chi connectivity index (χ4n) is 3.17. The average molecular weight is 488 g/mol. The third kappa shape index (κ3) is 9.49. The van der Waals surface area contributed by atoms with Crippen molar-refractivity contribution in [2.75, 3.05) is 19.7 Å². The second-order valence-electron chi connectivity index (χ2n) is 8.24. The van der Waals surface area contributed by atoms with Gasteiger partial charge in [0.2, 0.25) is 5.75 Å². The number of nitrogens with zero attached hydrogens (tertiary/aromatic N) is 3. The summed E-state index contributed by atoms with van der Waals surface area (Å²) in [5.41, 5.74) is 0.260. The number of carbonyl (C=O) groups is 2. The van der Waals surface area contributed by atoms with Crippen LogP contribution in [0.15, 0.2) is 29.4 Å². The molecular weight excluding hydrogens is 454 g/mol. The van der Waals surface area contributed by atoms with E-state index in [2.05, 4.69) is 6.08 Å². The molecule has 1 atom stereocenters. The zero-order valence-electron chi connectivity index (χ0n) is 20.9. The predicted octanol–water partition coefficient (Wildman–Crippen LogP) is 5.36. The van der Waals surface area contributed by atoms with Gasteiger partial charge in [-0.15, -0.1) is 0 Å². The highest BCUT2D eigenvalue weighted by Gasteiger charge is 2.23. The molecule has 1 amide bonds. The number of likely N-dealkylation sites (N-methyl/N-ethyl adjacent to an activating group) is 1. The van der Waals surface area contributed by atoms with Gasteiger partial charge in [-0.25, -0.2) is 4.79 Å². The Morgan fingerprint density at radius 3 is 2.46 bits per heavy atom. The number of hydrogen-bond donors (Lipinski definition) is 1. The second kappa shape index (κ2) is 14.4. The topological polar surface area (TPSA) is 143 Å². The molecule has 0 fully saturated rings. The zero-order valence-corrected chi connectivity index (χ0v) is 20.9. The monoisotopic (exact) mass is 487 g/mol. The number of carbonyl (C=O) groups excluding carboxylic acids is 2. The molecule has 1 N–H and O–H groups in total. The van der Waals surface area contributed by atoms with Crippen molar-refractivity contribution in [3.8, 4) is 17.6 Å². The third-order valence-electron chi connectivity index (χ3n) is 5.22. The molecule has 1 aromatic rings. The van der Waals surface area contributed by atoms with Crippen molar-refractivity contribution in [2.24, 2.45) is 5.92 Å². The zero-order chi connectivity index (χ0) is 26.5. The number of benzene rings is 1. The molecule has 190 valence electrons. The fourth-order valence-corrected chi connectivity index (χ4v) is 3.17. The van der Waals surface area contributed by atoms with Crippen LogP contribution in [0.2, 0.25) is 0 Å². The van der Waals surface area contributed by atoms with Crippen LogP contribution in [0.25, 0.3) is 6.08 Å². The molecule has 0 unspecified atom stereocenters. The fraction of sp³-hybridized carbons (Fsp3) is 0.480. The van der Waals surface area contributed by atoms with E-state index in [9.17, 15) is 30.1 Å². The summed E-state index contributed by atoms with van der Waals surface area (Å²) in [4.78, 5) is 36.6. The molecule has 1 rings (SSSR count). The summed E-state index contributed by atoms with van der Waals surface area (Å²) in [6.07, 6.45) is 4.59. The molecule has 0 bridgehead atoms. The van der Waals surface area contributed by atoms with E-state index in [1.807, 2.05) is 20.8 Å². The highest BCUT2D eigenvalue weighted by atomic mass is 16.7. The molecule has 0 aliphatic heterocycles. The van der Waals surface area contributed by atoms with Crippen molar-refractivity contribution in [2.45, 2.75) is 53.9 Å². The number of allylic oxidation sites excluding steroid dienone is 2. The Hall–Kier alpha value is -3.87. The molecule has 1 aromatic carbocycles. The molecular formula is C25H33N3O7. The SMILES string of the molecule is CCN(CC)C(=O)C(C#N)=Cc1cc(OC(=O)OCC[C@@H](C)CCC=C(C)C)c(O)c([N+](=O)[O-])c1. The highest BCUT2D eigenvalue weighted by molar-refractivity contribution is 6.01. The first-order valence-corrected chi connectivity index (χ1v) is 11.4. The Bertz CT molecular complexity index is 1020. The molecule has 0 aromatic heterocycles. The molecule has 0 aliphatic carbocycles. The number of phenols is 1. The first kappa shape index (κ1) is 29.2. The number of aromatic hydroxyl groups is 1. The largest absolute Gasteiger partial charge is 0.513 e. The summed E-state index contributed by atoms with van der Waals surface area (Å²) >= 11 is 0. The summed E-state index contributed by atoms with van der Waals surface area (Å²) < 4.78 is 10.1. The maximum Gasteiger partial charge on any atom is 0.513 e. The van der Waals surface area contributed by atoms with Crippen LogP contribution < -0.4 is 4.74 Å². The van der Waals surface area contributed by atoms with Gasteiger partial charge in [0.25, 0.3) is 5.91 Å². The maximum absolute atomic E-state index is 12.5. The molecule has 0 saturated heterocycles. The van der Waals surface area contributed by atoms with Gasteiger partial charge in [-0.3, -0.25) is 14.9 Å². The molecule has 10 nitrogen and oxygen atoms in total. The minimum absolute atomic E-state index is 0.0299. The Kier molecular flexibility index (Phi) is 12.0. The van der Waals surface area contributed by atoms with Crippen molar-refractivity contribution in [3.63, 3.8) is 0 Å². The van der Waals surface area contributed by atoms with Crippen LogP contribution in [0, 0.1) is 27.4 Å². The average Bonchev–Trinajstić information content (AvgIpc) is 2.79. The number of phenolic OH excluding ortho intramolecular Hbond substituents is 1. The summed E-state index contributed by atoms with van der Waals surface area (Å²) in [6, 6.07) is 3.89. The number of ether oxygens (including phenoxy) is 2. The highest BCUT2D eigenvalue weighted by Crippen LogP contribution is 2.38. The third-order valence-corrected chi connectivity index (χ3v) is 5.22. The van der Waals surface area contributed by atoms with Crippen LogP contribution in [0.3, 0.4) is 0 Å². The summed E-state index contributed by atoms with van der Waals surface area (Å²) in [7, 11) is 0. The summed E-state index contributed by atoms with van der Waals surface area (Å²) in [6.45, 7) is 10.4. The van der Waals surface area contributed by atoms with Crippen LogP contribution in [-0.2, 0) is 9.53 Å². The minimum Gasteiger partial charge on any atom is -0.499 e. The van der Waals surface area contributed by atoms with Crippen LogP contribution in [0.4, 0.5) is 10.5 Å². The number of hydrogen-bond acceptors (Lipinski definition) is 8. The van der Waals surface area contributed by atoms with Gasteiger partial charge in [-0.2, -0.15) is 5.26 Å². The lowest BCUT2D eigenvalue weighted by Gasteiger charge is -2.17. The number of amides is 1. The van der Waals surface area contributed by atoms with Gasteiger partial charge in [0, 0.05) is 19.2 Å². The minimum atomic E-state index is -1.13. The van der Waals surface area contributed by atoms with Crippen molar-refractivity contribution in [1.29, 1.82) is 5.26 Å². The van der Waals surface area contributed by atoms with Crippen molar-refractivity contribution < 1.29 is 29.1 Å². The first-order chi connectivity index (χ1) is 16.5. The summed E-state index contributed by atoms with van der Waals surface area (Å²) in [5, 5.41) is 31.0. The quantitative estimate of drug-likeness (QED) is 0.0789. The normalized spacial score (nSPS) is 11.7. The molecule has 35 heavy (non-hydrogen) atoms. The van der Waals surface area contributed by atoms with Gasteiger partial charge in [0.05, 0.1) is 11.5 Å². The van der Waals surface area contributed by atoms with Gasteiger partial charge in [-0.05, 0) is 70.6 Å². The van der Waals surface area contributed by atoms with E-state index >= 15 is 0 Å². The molecule has 0 heterocycles. The van der Waals surface area contributed by atoms with Crippen LogP contribution in [-0.4, -0.2) is 46.7 Å². The molecule has 0 saturated carbocycles. The van der Waals surface area contributed by atoms with E-state index in [1.165, 1.54) is 10.5 Å². The van der Waals surface area contributed by atoms with E-state index in [0.29, 0.717) is 25.4 Å². The second-order valence-corrected chi connectivity index (χ2v) is 8.24. The Balaban J connectivity index is 3.02. The molecule has 0 radical (unpaired) electrons. The van der Waals surface area contributed by atoms with Gasteiger partial charge >= 0.3 is 11.8 Å². The van der Waals surface area contributed by atoms with E-state index in [4.69, 9.17) is 9.47 Å². The summed E-state index contributed by atoms with van der Waals surface area (Å²) in [5.74, 6) is -1.63.